The zero-order chi connectivity index (χ0) is 21.3. The van der Waals surface area contributed by atoms with Crippen LogP contribution in [0, 0.1) is 27.7 Å². The second-order valence-electron chi connectivity index (χ2n) is 7.37. The van der Waals surface area contributed by atoms with E-state index in [1.807, 2.05) is 25.1 Å². The minimum absolute atomic E-state index is 0.224. The van der Waals surface area contributed by atoms with Crippen molar-refractivity contribution in [2.45, 2.75) is 27.7 Å². The molecule has 0 aromatic heterocycles. The van der Waals surface area contributed by atoms with Crippen LogP contribution in [0.15, 0.2) is 36.4 Å². The Morgan fingerprint density at radius 3 is 1.69 bits per heavy atom. The maximum atomic E-state index is 10.9. The van der Waals surface area contributed by atoms with Crippen molar-refractivity contribution in [2.24, 2.45) is 0 Å². The molecule has 0 bridgehead atoms. The van der Waals surface area contributed by atoms with Crippen LogP contribution in [0.4, 0.5) is 0 Å². The van der Waals surface area contributed by atoms with Gasteiger partial charge >= 0.3 is 0 Å². The van der Waals surface area contributed by atoms with E-state index >= 15 is 0 Å². The van der Waals surface area contributed by atoms with E-state index in [-0.39, 0.29) is 5.75 Å². The minimum Gasteiger partial charge on any atom is -0.507 e. The Hall–Kier alpha value is -3.14. The highest BCUT2D eigenvalue weighted by molar-refractivity contribution is 5.85. The van der Waals surface area contributed by atoms with Gasteiger partial charge in [-0.1, -0.05) is 17.7 Å². The molecule has 0 aliphatic heterocycles. The number of hydrogen-bond donors (Lipinski definition) is 1. The highest BCUT2D eigenvalue weighted by Crippen LogP contribution is 2.45. The molecule has 0 aliphatic rings. The number of aromatic hydroxyl groups is 1. The molecule has 0 heterocycles. The first-order valence-electron chi connectivity index (χ1n) is 9.52. The van der Waals surface area contributed by atoms with Gasteiger partial charge in [0.15, 0.2) is 11.5 Å². The molecule has 0 aliphatic carbocycles. The Balaban J connectivity index is 2.30. The maximum absolute atomic E-state index is 10.9. The smallest absolute Gasteiger partial charge is 0.164 e. The lowest BCUT2D eigenvalue weighted by Gasteiger charge is -2.18. The molecule has 1 N–H and O–H groups in total. The van der Waals surface area contributed by atoms with Gasteiger partial charge in [-0.15, -0.1) is 0 Å². The molecule has 0 atom stereocenters. The molecule has 3 rings (SSSR count). The van der Waals surface area contributed by atoms with Gasteiger partial charge in [-0.3, -0.25) is 0 Å². The third-order valence-corrected chi connectivity index (χ3v) is 5.26. The monoisotopic (exact) mass is 392 g/mol. The Labute approximate surface area is 172 Å². The molecule has 3 aromatic carbocycles. The lowest BCUT2D eigenvalue weighted by atomic mass is 9.89. The van der Waals surface area contributed by atoms with Crippen molar-refractivity contribution in [1.29, 1.82) is 0 Å². The van der Waals surface area contributed by atoms with Crippen molar-refractivity contribution in [3.63, 3.8) is 0 Å². The molecule has 4 nitrogen and oxygen atoms in total. The van der Waals surface area contributed by atoms with Crippen LogP contribution < -0.4 is 14.2 Å². The molecule has 29 heavy (non-hydrogen) atoms. The highest BCUT2D eigenvalue weighted by Gasteiger charge is 2.19. The molecular weight excluding hydrogens is 364 g/mol. The van der Waals surface area contributed by atoms with Crippen LogP contribution in [0.25, 0.3) is 22.3 Å². The standard InChI is InChI=1S/C25H28O4/c1-14-8-15(2)24(16(3)9-14)18-10-17(4)25(26)20(11-18)19-12-22(28-6)23(29-7)13-21(19)27-5/h8-13,26H,1-7H3. The van der Waals surface area contributed by atoms with Crippen LogP contribution in [0.5, 0.6) is 23.0 Å². The van der Waals surface area contributed by atoms with Crippen molar-refractivity contribution >= 4 is 0 Å². The summed E-state index contributed by atoms with van der Waals surface area (Å²) in [6.45, 7) is 8.25. The fourth-order valence-electron chi connectivity index (χ4n) is 4.00. The first-order valence-corrected chi connectivity index (χ1v) is 9.52. The summed E-state index contributed by atoms with van der Waals surface area (Å²) in [6.07, 6.45) is 0. The van der Waals surface area contributed by atoms with Gasteiger partial charge in [0.2, 0.25) is 0 Å². The van der Waals surface area contributed by atoms with Gasteiger partial charge in [-0.05, 0) is 73.7 Å². The van der Waals surface area contributed by atoms with Gasteiger partial charge in [-0.2, -0.15) is 0 Å². The van der Waals surface area contributed by atoms with E-state index in [1.54, 1.807) is 27.4 Å². The molecule has 0 unspecified atom stereocenters. The maximum Gasteiger partial charge on any atom is 0.164 e. The van der Waals surface area contributed by atoms with Gasteiger partial charge in [0.25, 0.3) is 0 Å². The quantitative estimate of drug-likeness (QED) is 0.580. The van der Waals surface area contributed by atoms with Crippen LogP contribution in [-0.2, 0) is 0 Å². The Bertz CT molecular complexity index is 1040. The Morgan fingerprint density at radius 2 is 1.14 bits per heavy atom. The average Bonchev–Trinajstić information content (AvgIpc) is 2.68. The number of methoxy groups -OCH3 is 3. The second kappa shape index (κ2) is 8.08. The number of hydrogen-bond acceptors (Lipinski definition) is 4. The minimum atomic E-state index is 0.224. The van der Waals surface area contributed by atoms with E-state index in [0.29, 0.717) is 22.8 Å². The van der Waals surface area contributed by atoms with E-state index in [2.05, 4.69) is 32.9 Å². The number of aryl methyl sites for hydroxylation is 4. The summed E-state index contributed by atoms with van der Waals surface area (Å²) in [5, 5.41) is 10.9. The van der Waals surface area contributed by atoms with Crippen molar-refractivity contribution in [1.82, 2.24) is 0 Å². The molecule has 0 saturated heterocycles. The molecule has 0 fully saturated rings. The first-order chi connectivity index (χ1) is 13.8. The van der Waals surface area contributed by atoms with Crippen molar-refractivity contribution in [3.05, 3.63) is 58.7 Å². The molecule has 0 saturated carbocycles. The molecule has 0 radical (unpaired) electrons. The van der Waals surface area contributed by atoms with Crippen LogP contribution in [0.1, 0.15) is 22.3 Å². The van der Waals surface area contributed by atoms with E-state index in [1.165, 1.54) is 22.3 Å². The van der Waals surface area contributed by atoms with Crippen LogP contribution >= 0.6 is 0 Å². The first kappa shape index (κ1) is 20.6. The van der Waals surface area contributed by atoms with Gasteiger partial charge < -0.3 is 19.3 Å². The molecule has 0 spiro atoms. The second-order valence-corrected chi connectivity index (χ2v) is 7.37. The predicted molar refractivity (Wildman–Crippen MR) is 118 cm³/mol. The summed E-state index contributed by atoms with van der Waals surface area (Å²) in [7, 11) is 4.78. The van der Waals surface area contributed by atoms with Crippen LogP contribution in [0.2, 0.25) is 0 Å². The average molecular weight is 392 g/mol. The molecule has 4 heteroatoms. The third-order valence-electron chi connectivity index (χ3n) is 5.26. The van der Waals surface area contributed by atoms with Crippen LogP contribution in [-0.4, -0.2) is 26.4 Å². The summed E-state index contributed by atoms with van der Waals surface area (Å²) in [6, 6.07) is 12.0. The molecule has 3 aromatic rings. The summed E-state index contributed by atoms with van der Waals surface area (Å²) >= 11 is 0. The Morgan fingerprint density at radius 1 is 0.586 bits per heavy atom. The molecule has 152 valence electrons. The predicted octanol–water partition coefficient (Wildman–Crippen LogP) is 5.99. The van der Waals surface area contributed by atoms with Crippen molar-refractivity contribution in [2.75, 3.05) is 21.3 Å². The number of phenols is 1. The summed E-state index contributed by atoms with van der Waals surface area (Å²) in [5.41, 5.74) is 8.12. The third kappa shape index (κ3) is 3.75. The van der Waals surface area contributed by atoms with Gasteiger partial charge in [0, 0.05) is 17.2 Å². The highest BCUT2D eigenvalue weighted by atomic mass is 16.5. The molecular formula is C25H28O4. The SMILES string of the molecule is COc1cc(OC)c(-c2cc(-c3c(C)cc(C)cc3C)cc(C)c2O)cc1OC. The van der Waals surface area contributed by atoms with Crippen molar-refractivity contribution < 1.29 is 19.3 Å². The number of ether oxygens (including phenoxy) is 3. The van der Waals surface area contributed by atoms with E-state index in [0.717, 1.165) is 16.7 Å². The Kier molecular flexibility index (Phi) is 5.73. The summed E-state index contributed by atoms with van der Waals surface area (Å²) in [5.74, 6) is 1.98. The summed E-state index contributed by atoms with van der Waals surface area (Å²) < 4.78 is 16.5. The fourth-order valence-corrected chi connectivity index (χ4v) is 4.00. The largest absolute Gasteiger partial charge is 0.507 e. The number of phenolic OH excluding ortho intramolecular Hbond substituents is 1. The lowest BCUT2D eigenvalue weighted by molar-refractivity contribution is 0.349. The zero-order valence-corrected chi connectivity index (χ0v) is 18.1. The topological polar surface area (TPSA) is 47.9 Å². The fraction of sp³-hybridized carbons (Fsp3) is 0.280. The normalized spacial score (nSPS) is 10.7. The van der Waals surface area contributed by atoms with E-state index in [9.17, 15) is 5.11 Å². The van der Waals surface area contributed by atoms with E-state index in [4.69, 9.17) is 14.2 Å². The zero-order valence-electron chi connectivity index (χ0n) is 18.1. The number of rotatable bonds is 5. The van der Waals surface area contributed by atoms with Gasteiger partial charge in [-0.25, -0.2) is 0 Å². The lowest BCUT2D eigenvalue weighted by Crippen LogP contribution is -1.96. The van der Waals surface area contributed by atoms with Gasteiger partial charge in [0.05, 0.1) is 21.3 Å². The molecule has 0 amide bonds. The van der Waals surface area contributed by atoms with Crippen LogP contribution in [0.3, 0.4) is 0 Å². The summed E-state index contributed by atoms with van der Waals surface area (Å²) in [4.78, 5) is 0. The van der Waals surface area contributed by atoms with Gasteiger partial charge in [0.1, 0.15) is 11.5 Å². The number of benzene rings is 3. The van der Waals surface area contributed by atoms with E-state index < -0.39 is 0 Å². The van der Waals surface area contributed by atoms with Crippen molar-refractivity contribution in [3.8, 4) is 45.3 Å².